The van der Waals surface area contributed by atoms with Crippen molar-refractivity contribution >= 4 is 11.8 Å². The highest BCUT2D eigenvalue weighted by atomic mass is 16.2. The minimum Gasteiger partial charge on any atom is -0.296 e. The molecule has 1 aliphatic rings. The Morgan fingerprint density at radius 1 is 1.32 bits per heavy atom. The lowest BCUT2D eigenvalue weighted by Crippen LogP contribution is -2.39. The van der Waals surface area contributed by atoms with Crippen LogP contribution in [0.1, 0.15) is 49.3 Å². The van der Waals surface area contributed by atoms with Gasteiger partial charge in [-0.3, -0.25) is 14.9 Å². The largest absolute Gasteiger partial charge is 0.296 e. The maximum Gasteiger partial charge on any atom is 0.234 e. The topological polar surface area (TPSA) is 46.2 Å². The summed E-state index contributed by atoms with van der Waals surface area (Å²) in [6.45, 7) is 6.44. The average molecular weight is 259 g/mol. The van der Waals surface area contributed by atoms with Gasteiger partial charge < -0.3 is 0 Å². The van der Waals surface area contributed by atoms with E-state index in [1.54, 1.807) is 0 Å². The number of carbonyl (C=O) groups excluding carboxylic acids is 2. The number of benzene rings is 1. The summed E-state index contributed by atoms with van der Waals surface area (Å²) in [6, 6.07) is 6.32. The zero-order valence-corrected chi connectivity index (χ0v) is 11.8. The molecule has 3 nitrogen and oxygen atoms in total. The molecular formula is C16H21NO2. The number of nitrogens with one attached hydrogen (secondary N) is 1. The van der Waals surface area contributed by atoms with Gasteiger partial charge in [0.2, 0.25) is 11.8 Å². The van der Waals surface area contributed by atoms with Crippen molar-refractivity contribution < 1.29 is 9.59 Å². The van der Waals surface area contributed by atoms with Crippen LogP contribution in [0.3, 0.4) is 0 Å². The zero-order valence-electron chi connectivity index (χ0n) is 11.8. The van der Waals surface area contributed by atoms with Crippen molar-refractivity contribution in [3.8, 4) is 0 Å². The number of hydrogen-bond acceptors (Lipinski definition) is 2. The molecule has 2 amide bonds. The van der Waals surface area contributed by atoms with E-state index in [0.29, 0.717) is 18.8 Å². The molecule has 0 bridgehead atoms. The lowest BCUT2D eigenvalue weighted by atomic mass is 9.86. The molecule has 0 aliphatic carbocycles. The summed E-state index contributed by atoms with van der Waals surface area (Å²) in [5.74, 6) is 0.137. The number of rotatable bonds is 3. The predicted molar refractivity (Wildman–Crippen MR) is 74.8 cm³/mol. The van der Waals surface area contributed by atoms with Gasteiger partial charge >= 0.3 is 0 Å². The fourth-order valence-corrected chi connectivity index (χ4v) is 2.72. The normalized spacial score (nSPS) is 19.7. The van der Waals surface area contributed by atoms with Crippen molar-refractivity contribution in [1.29, 1.82) is 0 Å². The van der Waals surface area contributed by atoms with Crippen molar-refractivity contribution in [1.82, 2.24) is 5.32 Å². The summed E-state index contributed by atoms with van der Waals surface area (Å²) in [6.07, 6.45) is 2.11. The van der Waals surface area contributed by atoms with Gasteiger partial charge in [-0.05, 0) is 42.4 Å². The molecule has 0 aromatic heterocycles. The molecule has 1 aliphatic heterocycles. The average Bonchev–Trinajstić information content (AvgIpc) is 2.30. The maximum atomic E-state index is 11.9. The molecular weight excluding hydrogens is 238 g/mol. The molecule has 1 saturated heterocycles. The molecule has 1 atom stereocenters. The fraction of sp³-hybridized carbons (Fsp3) is 0.500. The lowest BCUT2D eigenvalue weighted by molar-refractivity contribution is -0.134. The Hall–Kier alpha value is -1.64. The summed E-state index contributed by atoms with van der Waals surface area (Å²) in [4.78, 5) is 23.1. The van der Waals surface area contributed by atoms with Gasteiger partial charge in [-0.2, -0.15) is 0 Å². The van der Waals surface area contributed by atoms with Crippen LogP contribution >= 0.6 is 0 Å². The third-order valence-corrected chi connectivity index (χ3v) is 3.59. The first-order valence-corrected chi connectivity index (χ1v) is 6.90. The number of carbonyl (C=O) groups is 2. The van der Waals surface area contributed by atoms with E-state index < -0.39 is 0 Å². The van der Waals surface area contributed by atoms with Gasteiger partial charge in [0.1, 0.15) is 0 Å². The molecule has 19 heavy (non-hydrogen) atoms. The lowest BCUT2D eigenvalue weighted by Gasteiger charge is -2.23. The Morgan fingerprint density at radius 3 is 2.63 bits per heavy atom. The van der Waals surface area contributed by atoms with Gasteiger partial charge in [0.05, 0.1) is 5.92 Å². The second kappa shape index (κ2) is 5.55. The van der Waals surface area contributed by atoms with E-state index in [-0.39, 0.29) is 17.7 Å². The van der Waals surface area contributed by atoms with Crippen LogP contribution in [0.15, 0.2) is 18.2 Å². The van der Waals surface area contributed by atoms with Crippen molar-refractivity contribution in [2.75, 3.05) is 0 Å². The van der Waals surface area contributed by atoms with Crippen molar-refractivity contribution in [3.63, 3.8) is 0 Å². The third kappa shape index (κ3) is 3.22. The molecule has 0 saturated carbocycles. The number of imide groups is 1. The van der Waals surface area contributed by atoms with Crippen molar-refractivity contribution in [2.45, 2.75) is 46.0 Å². The van der Waals surface area contributed by atoms with Gasteiger partial charge in [0.15, 0.2) is 0 Å². The SMILES string of the molecule is Cc1cc(CC(C)C)ccc1C1CCC(=O)NC1=O. The summed E-state index contributed by atoms with van der Waals surface area (Å²) in [5, 5.41) is 2.42. The molecule has 1 fully saturated rings. The number of aryl methyl sites for hydroxylation is 1. The van der Waals surface area contributed by atoms with E-state index in [9.17, 15) is 9.59 Å². The summed E-state index contributed by atoms with van der Waals surface area (Å²) in [7, 11) is 0. The number of amides is 2. The van der Waals surface area contributed by atoms with E-state index in [4.69, 9.17) is 0 Å². The van der Waals surface area contributed by atoms with E-state index in [1.165, 1.54) is 5.56 Å². The van der Waals surface area contributed by atoms with Crippen LogP contribution in [0.4, 0.5) is 0 Å². The van der Waals surface area contributed by atoms with Crippen molar-refractivity contribution in [2.24, 2.45) is 5.92 Å². The first-order chi connectivity index (χ1) is 8.97. The van der Waals surface area contributed by atoms with Gasteiger partial charge in [-0.15, -0.1) is 0 Å². The van der Waals surface area contributed by atoms with Gasteiger partial charge in [-0.1, -0.05) is 32.0 Å². The summed E-state index contributed by atoms with van der Waals surface area (Å²) in [5.41, 5.74) is 3.51. The minimum atomic E-state index is -0.175. The molecule has 1 N–H and O–H groups in total. The molecule has 1 aromatic rings. The zero-order chi connectivity index (χ0) is 14.0. The molecule has 102 valence electrons. The first-order valence-electron chi connectivity index (χ1n) is 6.90. The van der Waals surface area contributed by atoms with Crippen molar-refractivity contribution in [3.05, 3.63) is 34.9 Å². The standard InChI is InChI=1S/C16H21NO2/c1-10(2)8-12-4-5-13(11(3)9-12)14-6-7-15(18)17-16(14)19/h4-5,9-10,14H,6-8H2,1-3H3,(H,17,18,19). The number of piperidine rings is 1. The maximum absolute atomic E-state index is 11.9. The second-order valence-corrected chi connectivity index (χ2v) is 5.79. The van der Waals surface area contributed by atoms with Crippen LogP contribution in [0, 0.1) is 12.8 Å². The van der Waals surface area contributed by atoms with Crippen LogP contribution in [-0.4, -0.2) is 11.8 Å². The molecule has 2 rings (SSSR count). The first kappa shape index (κ1) is 13.8. The highest BCUT2D eigenvalue weighted by molar-refractivity contribution is 6.01. The minimum absolute atomic E-state index is 0.157. The third-order valence-electron chi connectivity index (χ3n) is 3.59. The quantitative estimate of drug-likeness (QED) is 0.848. The Balaban J connectivity index is 2.21. The molecule has 1 heterocycles. The Kier molecular flexibility index (Phi) is 4.03. The molecule has 0 radical (unpaired) electrons. The smallest absolute Gasteiger partial charge is 0.234 e. The Bertz CT molecular complexity index is 505. The number of hydrogen-bond donors (Lipinski definition) is 1. The van der Waals surface area contributed by atoms with E-state index in [1.807, 2.05) is 13.0 Å². The molecule has 3 heteroatoms. The van der Waals surface area contributed by atoms with Crippen LogP contribution < -0.4 is 5.32 Å². The van der Waals surface area contributed by atoms with Crippen LogP contribution in [0.25, 0.3) is 0 Å². The van der Waals surface area contributed by atoms with E-state index in [2.05, 4.69) is 31.3 Å². The van der Waals surface area contributed by atoms with E-state index >= 15 is 0 Å². The van der Waals surface area contributed by atoms with Crippen LogP contribution in [-0.2, 0) is 16.0 Å². The monoisotopic (exact) mass is 259 g/mol. The highest BCUT2D eigenvalue weighted by Crippen LogP contribution is 2.28. The molecule has 0 spiro atoms. The second-order valence-electron chi connectivity index (χ2n) is 5.79. The van der Waals surface area contributed by atoms with Crippen LogP contribution in [0.5, 0.6) is 0 Å². The Morgan fingerprint density at radius 2 is 2.05 bits per heavy atom. The van der Waals surface area contributed by atoms with Gasteiger partial charge in [-0.25, -0.2) is 0 Å². The Labute approximate surface area is 114 Å². The van der Waals surface area contributed by atoms with Gasteiger partial charge in [0, 0.05) is 6.42 Å². The van der Waals surface area contributed by atoms with Crippen LogP contribution in [0.2, 0.25) is 0 Å². The van der Waals surface area contributed by atoms with E-state index in [0.717, 1.165) is 17.5 Å². The van der Waals surface area contributed by atoms with Gasteiger partial charge in [0.25, 0.3) is 0 Å². The summed E-state index contributed by atoms with van der Waals surface area (Å²) >= 11 is 0. The molecule has 1 aromatic carbocycles. The highest BCUT2D eigenvalue weighted by Gasteiger charge is 2.28. The fourth-order valence-electron chi connectivity index (χ4n) is 2.72. The predicted octanol–water partition coefficient (Wildman–Crippen LogP) is 2.71. The summed E-state index contributed by atoms with van der Waals surface area (Å²) < 4.78 is 0. The molecule has 1 unspecified atom stereocenters.